The Morgan fingerprint density at radius 1 is 1.57 bits per heavy atom. The molecule has 0 atom stereocenters. The minimum absolute atomic E-state index is 0.241. The zero-order valence-electron chi connectivity index (χ0n) is 7.31. The molecular formula is C9H7Br2FO2. The first-order valence-electron chi connectivity index (χ1n) is 3.73. The molecule has 0 bridgehead atoms. The lowest BCUT2D eigenvalue weighted by atomic mass is 10.1. The van der Waals surface area contributed by atoms with E-state index in [9.17, 15) is 9.18 Å². The Bertz CT molecular complexity index is 366. The van der Waals surface area contributed by atoms with Crippen LogP contribution in [0.3, 0.4) is 0 Å². The lowest BCUT2D eigenvalue weighted by Crippen LogP contribution is -2.06. The summed E-state index contributed by atoms with van der Waals surface area (Å²) >= 11 is 6.17. The highest BCUT2D eigenvalue weighted by atomic mass is 79.9. The fourth-order valence-electron chi connectivity index (χ4n) is 1.02. The van der Waals surface area contributed by atoms with E-state index in [1.54, 1.807) is 0 Å². The van der Waals surface area contributed by atoms with E-state index in [1.807, 2.05) is 0 Å². The van der Waals surface area contributed by atoms with E-state index in [0.29, 0.717) is 10.0 Å². The second kappa shape index (κ2) is 4.89. The van der Waals surface area contributed by atoms with Crippen LogP contribution in [0.1, 0.15) is 15.9 Å². The summed E-state index contributed by atoms with van der Waals surface area (Å²) in [5.74, 6) is -0.976. The third-order valence-corrected chi connectivity index (χ3v) is 2.91. The van der Waals surface area contributed by atoms with Crippen molar-refractivity contribution in [3.05, 3.63) is 33.5 Å². The fourth-order valence-corrected chi connectivity index (χ4v) is 1.94. The van der Waals surface area contributed by atoms with Gasteiger partial charge in [-0.1, -0.05) is 15.9 Å². The molecule has 0 saturated carbocycles. The number of hydrogen-bond acceptors (Lipinski definition) is 2. The normalized spacial score (nSPS) is 10.0. The summed E-state index contributed by atoms with van der Waals surface area (Å²) < 4.78 is 18.3. The van der Waals surface area contributed by atoms with Gasteiger partial charge < -0.3 is 4.74 Å². The van der Waals surface area contributed by atoms with Gasteiger partial charge >= 0.3 is 5.97 Å². The summed E-state index contributed by atoms with van der Waals surface area (Å²) in [7, 11) is 1.26. The molecule has 0 aliphatic carbocycles. The molecule has 0 unspecified atom stereocenters. The summed E-state index contributed by atoms with van der Waals surface area (Å²) in [6.45, 7) is 0. The molecule has 0 amide bonds. The molecule has 1 rings (SSSR count). The lowest BCUT2D eigenvalue weighted by molar-refractivity contribution is 0.0599. The van der Waals surface area contributed by atoms with Crippen molar-refractivity contribution in [3.8, 4) is 0 Å². The van der Waals surface area contributed by atoms with Gasteiger partial charge in [-0.25, -0.2) is 9.18 Å². The molecule has 1 aromatic carbocycles. The Balaban J connectivity index is 3.31. The van der Waals surface area contributed by atoms with E-state index >= 15 is 0 Å². The Labute approximate surface area is 97.7 Å². The molecule has 0 aromatic heterocycles. The number of methoxy groups -OCH3 is 1. The summed E-state index contributed by atoms with van der Waals surface area (Å²) in [5, 5.41) is 0.267. The molecule has 2 nitrogen and oxygen atoms in total. The molecule has 0 radical (unpaired) electrons. The van der Waals surface area contributed by atoms with Crippen LogP contribution in [0.5, 0.6) is 0 Å². The molecule has 0 fully saturated rings. The van der Waals surface area contributed by atoms with Crippen LogP contribution in [0, 0.1) is 5.82 Å². The van der Waals surface area contributed by atoms with Gasteiger partial charge in [-0.05, 0) is 28.1 Å². The van der Waals surface area contributed by atoms with Crippen LogP contribution in [-0.2, 0) is 10.1 Å². The number of ether oxygens (including phenoxy) is 1. The van der Waals surface area contributed by atoms with Crippen LogP contribution >= 0.6 is 31.9 Å². The van der Waals surface area contributed by atoms with Crippen LogP contribution < -0.4 is 0 Å². The Hall–Kier alpha value is -0.420. The number of halogens is 3. The smallest absolute Gasteiger partial charge is 0.338 e. The molecule has 14 heavy (non-hydrogen) atoms. The number of carbonyl (C=O) groups excluding carboxylic acids is 1. The molecule has 0 saturated heterocycles. The number of alkyl halides is 1. The van der Waals surface area contributed by atoms with Crippen molar-refractivity contribution < 1.29 is 13.9 Å². The number of benzene rings is 1. The van der Waals surface area contributed by atoms with Crippen LogP contribution in [0.4, 0.5) is 4.39 Å². The monoisotopic (exact) mass is 324 g/mol. The van der Waals surface area contributed by atoms with E-state index in [4.69, 9.17) is 0 Å². The van der Waals surface area contributed by atoms with E-state index in [1.165, 1.54) is 19.2 Å². The predicted molar refractivity (Wildman–Crippen MR) is 58.1 cm³/mol. The van der Waals surface area contributed by atoms with Crippen molar-refractivity contribution in [3.63, 3.8) is 0 Å². The number of hydrogen-bond donors (Lipinski definition) is 0. The first-order valence-corrected chi connectivity index (χ1v) is 5.64. The van der Waals surface area contributed by atoms with Gasteiger partial charge in [0.1, 0.15) is 5.82 Å². The lowest BCUT2D eigenvalue weighted by Gasteiger charge is -2.07. The number of esters is 1. The van der Waals surface area contributed by atoms with E-state index in [0.717, 1.165) is 0 Å². The molecule has 1 aromatic rings. The Morgan fingerprint density at radius 3 is 2.71 bits per heavy atom. The van der Waals surface area contributed by atoms with Crippen molar-refractivity contribution >= 4 is 37.8 Å². The average Bonchev–Trinajstić information content (AvgIpc) is 2.20. The maximum Gasteiger partial charge on any atom is 0.338 e. The quantitative estimate of drug-likeness (QED) is 0.616. The highest BCUT2D eigenvalue weighted by Crippen LogP contribution is 2.24. The SMILES string of the molecule is COC(=O)c1ccc(Br)c(F)c1CBr. The van der Waals surface area contributed by atoms with Gasteiger partial charge in [0.15, 0.2) is 0 Å². The Kier molecular flexibility index (Phi) is 4.07. The summed E-state index contributed by atoms with van der Waals surface area (Å²) in [6, 6.07) is 3.00. The van der Waals surface area contributed by atoms with E-state index < -0.39 is 11.8 Å². The Morgan fingerprint density at radius 2 is 2.21 bits per heavy atom. The topological polar surface area (TPSA) is 26.3 Å². The second-order valence-corrected chi connectivity index (χ2v) is 3.93. The van der Waals surface area contributed by atoms with Crippen molar-refractivity contribution in [2.24, 2.45) is 0 Å². The van der Waals surface area contributed by atoms with Gasteiger partial charge in [0, 0.05) is 10.9 Å². The third kappa shape index (κ3) is 2.15. The van der Waals surface area contributed by atoms with Crippen molar-refractivity contribution in [2.75, 3.05) is 7.11 Å². The highest BCUT2D eigenvalue weighted by Gasteiger charge is 2.16. The maximum absolute atomic E-state index is 13.5. The average molecular weight is 326 g/mol. The van der Waals surface area contributed by atoms with Gasteiger partial charge in [-0.3, -0.25) is 0 Å². The minimum Gasteiger partial charge on any atom is -0.465 e. The summed E-state index contributed by atoms with van der Waals surface area (Å²) in [6.07, 6.45) is 0. The fraction of sp³-hybridized carbons (Fsp3) is 0.222. The summed E-state index contributed by atoms with van der Waals surface area (Å²) in [4.78, 5) is 11.2. The van der Waals surface area contributed by atoms with Crippen molar-refractivity contribution in [2.45, 2.75) is 5.33 Å². The minimum atomic E-state index is -0.536. The van der Waals surface area contributed by atoms with Gasteiger partial charge in [-0.2, -0.15) is 0 Å². The largest absolute Gasteiger partial charge is 0.465 e. The van der Waals surface area contributed by atoms with Gasteiger partial charge in [0.05, 0.1) is 17.1 Å². The van der Waals surface area contributed by atoms with Crippen molar-refractivity contribution in [1.82, 2.24) is 0 Å². The standard InChI is InChI=1S/C9H7Br2FO2/c1-14-9(13)5-2-3-7(11)8(12)6(5)4-10/h2-3H,4H2,1H3. The van der Waals surface area contributed by atoms with Crippen LogP contribution in [0.25, 0.3) is 0 Å². The zero-order valence-corrected chi connectivity index (χ0v) is 10.5. The van der Waals surface area contributed by atoms with E-state index in [2.05, 4.69) is 36.6 Å². The molecule has 5 heteroatoms. The molecule has 0 spiro atoms. The van der Waals surface area contributed by atoms with Crippen LogP contribution in [0.15, 0.2) is 16.6 Å². The first-order chi connectivity index (χ1) is 6.61. The first kappa shape index (κ1) is 11.7. The van der Waals surface area contributed by atoms with Crippen LogP contribution in [0.2, 0.25) is 0 Å². The molecule has 76 valence electrons. The maximum atomic E-state index is 13.5. The third-order valence-electron chi connectivity index (χ3n) is 1.74. The molecule has 0 N–H and O–H groups in total. The number of carbonyl (C=O) groups is 1. The molecule has 0 aliphatic heterocycles. The summed E-state index contributed by atoms with van der Waals surface area (Å²) in [5.41, 5.74) is 0.538. The second-order valence-electron chi connectivity index (χ2n) is 2.51. The highest BCUT2D eigenvalue weighted by molar-refractivity contribution is 9.10. The van der Waals surface area contributed by atoms with Crippen LogP contribution in [-0.4, -0.2) is 13.1 Å². The van der Waals surface area contributed by atoms with Crippen molar-refractivity contribution in [1.29, 1.82) is 0 Å². The molecule has 0 aliphatic rings. The van der Waals surface area contributed by atoms with Gasteiger partial charge in [0.25, 0.3) is 0 Å². The predicted octanol–water partition coefficient (Wildman–Crippen LogP) is 3.27. The molecule has 0 heterocycles. The van der Waals surface area contributed by atoms with Gasteiger partial charge in [-0.15, -0.1) is 0 Å². The zero-order chi connectivity index (χ0) is 10.7. The van der Waals surface area contributed by atoms with Gasteiger partial charge in [0.2, 0.25) is 0 Å². The molecular weight excluding hydrogens is 319 g/mol. The number of rotatable bonds is 2. The van der Waals surface area contributed by atoms with E-state index in [-0.39, 0.29) is 10.9 Å².